The number of rotatable bonds is 8. The summed E-state index contributed by atoms with van der Waals surface area (Å²) in [6.07, 6.45) is 0. The van der Waals surface area contributed by atoms with Crippen molar-refractivity contribution in [2.75, 3.05) is 21.2 Å². The third-order valence-corrected chi connectivity index (χ3v) is 4.70. The van der Waals surface area contributed by atoms with E-state index >= 15 is 0 Å². The van der Waals surface area contributed by atoms with Crippen LogP contribution in [0.4, 0.5) is 0 Å². The fourth-order valence-corrected chi connectivity index (χ4v) is 3.02. The van der Waals surface area contributed by atoms with E-state index in [2.05, 4.69) is 5.32 Å². The summed E-state index contributed by atoms with van der Waals surface area (Å²) in [4.78, 5) is 26.3. The van der Waals surface area contributed by atoms with Gasteiger partial charge in [0.2, 0.25) is 0 Å². The Morgan fingerprint density at radius 2 is 1.58 bits per heavy atom. The second-order valence-corrected chi connectivity index (χ2v) is 7.22. The first-order valence-corrected chi connectivity index (χ1v) is 9.91. The first-order valence-electron chi connectivity index (χ1n) is 9.91. The van der Waals surface area contributed by atoms with Crippen molar-refractivity contribution in [1.82, 2.24) is 10.2 Å². The smallest absolute Gasteiger partial charge is 0.253 e. The lowest BCUT2D eigenvalue weighted by molar-refractivity contribution is 0.0827. The van der Waals surface area contributed by atoms with Gasteiger partial charge in [0, 0.05) is 31.8 Å². The largest absolute Gasteiger partial charge is 0.493 e. The van der Waals surface area contributed by atoms with Crippen molar-refractivity contribution in [1.29, 1.82) is 0 Å². The number of hydrogen-bond acceptors (Lipinski definition) is 4. The van der Waals surface area contributed by atoms with E-state index in [9.17, 15) is 9.59 Å². The molecule has 6 heteroatoms. The monoisotopic (exact) mass is 418 g/mol. The second-order valence-electron chi connectivity index (χ2n) is 7.22. The minimum absolute atomic E-state index is 0.0796. The summed E-state index contributed by atoms with van der Waals surface area (Å²) in [6.45, 7) is 0.715. The maximum atomic E-state index is 12.6. The molecule has 3 aromatic carbocycles. The van der Waals surface area contributed by atoms with Gasteiger partial charge >= 0.3 is 0 Å². The molecule has 0 fully saturated rings. The molecule has 0 aliphatic carbocycles. The van der Waals surface area contributed by atoms with E-state index < -0.39 is 0 Å². The number of benzene rings is 3. The summed E-state index contributed by atoms with van der Waals surface area (Å²) in [5, 5.41) is 2.88. The molecular formula is C25H26N2O4. The van der Waals surface area contributed by atoms with Crippen molar-refractivity contribution in [3.05, 3.63) is 95.1 Å². The Labute approximate surface area is 182 Å². The molecule has 0 saturated carbocycles. The Hall–Kier alpha value is -3.80. The van der Waals surface area contributed by atoms with Crippen LogP contribution in [0.3, 0.4) is 0 Å². The molecule has 31 heavy (non-hydrogen) atoms. The summed E-state index contributed by atoms with van der Waals surface area (Å²) in [5.41, 5.74) is 2.93. The molecule has 6 nitrogen and oxygen atoms in total. The van der Waals surface area contributed by atoms with Crippen molar-refractivity contribution >= 4 is 11.8 Å². The van der Waals surface area contributed by atoms with E-state index in [-0.39, 0.29) is 11.8 Å². The Morgan fingerprint density at radius 3 is 2.29 bits per heavy atom. The lowest BCUT2D eigenvalue weighted by Gasteiger charge is -2.13. The zero-order chi connectivity index (χ0) is 22.2. The van der Waals surface area contributed by atoms with Crippen molar-refractivity contribution in [3.63, 3.8) is 0 Å². The van der Waals surface area contributed by atoms with Crippen LogP contribution >= 0.6 is 0 Å². The maximum absolute atomic E-state index is 12.6. The van der Waals surface area contributed by atoms with Crippen LogP contribution < -0.4 is 14.8 Å². The minimum Gasteiger partial charge on any atom is -0.493 e. The predicted molar refractivity (Wildman–Crippen MR) is 119 cm³/mol. The number of nitrogens with zero attached hydrogens (tertiary/aromatic N) is 1. The van der Waals surface area contributed by atoms with Gasteiger partial charge in [-0.15, -0.1) is 0 Å². The van der Waals surface area contributed by atoms with Crippen LogP contribution in [0.1, 0.15) is 31.8 Å². The summed E-state index contributed by atoms with van der Waals surface area (Å²) < 4.78 is 11.2. The van der Waals surface area contributed by atoms with Crippen LogP contribution in [0.15, 0.2) is 72.8 Å². The molecule has 0 atom stereocenters. The highest BCUT2D eigenvalue weighted by Crippen LogP contribution is 2.29. The fraction of sp³-hybridized carbons (Fsp3) is 0.200. The Morgan fingerprint density at radius 1 is 0.839 bits per heavy atom. The average Bonchev–Trinajstić information content (AvgIpc) is 2.81. The summed E-state index contributed by atoms with van der Waals surface area (Å²) in [6, 6.07) is 22.1. The number of methoxy groups -OCH3 is 1. The van der Waals surface area contributed by atoms with E-state index in [0.717, 1.165) is 11.1 Å². The highest BCUT2D eigenvalue weighted by atomic mass is 16.5. The van der Waals surface area contributed by atoms with E-state index in [4.69, 9.17) is 9.47 Å². The lowest BCUT2D eigenvalue weighted by Crippen LogP contribution is -2.24. The average molecular weight is 418 g/mol. The molecule has 0 unspecified atom stereocenters. The molecule has 0 heterocycles. The second kappa shape index (κ2) is 10.3. The normalized spacial score (nSPS) is 10.3. The molecule has 160 valence electrons. The maximum Gasteiger partial charge on any atom is 0.253 e. The van der Waals surface area contributed by atoms with Gasteiger partial charge in [-0.1, -0.05) is 42.5 Å². The molecular weight excluding hydrogens is 392 g/mol. The number of nitrogens with one attached hydrogen (secondary N) is 1. The SMILES string of the molecule is COc1cc(C(=O)NCc2cccc(C(=O)N(C)C)c2)ccc1OCc1ccccc1. The molecule has 0 saturated heterocycles. The van der Waals surface area contributed by atoms with Gasteiger partial charge in [-0.05, 0) is 41.5 Å². The van der Waals surface area contributed by atoms with Gasteiger partial charge in [0.15, 0.2) is 11.5 Å². The van der Waals surface area contributed by atoms with Gasteiger partial charge in [-0.3, -0.25) is 9.59 Å². The van der Waals surface area contributed by atoms with Gasteiger partial charge < -0.3 is 19.7 Å². The summed E-state index contributed by atoms with van der Waals surface area (Å²) in [7, 11) is 4.95. The molecule has 3 aromatic rings. The highest BCUT2D eigenvalue weighted by molar-refractivity contribution is 5.95. The fourth-order valence-electron chi connectivity index (χ4n) is 3.02. The zero-order valence-electron chi connectivity index (χ0n) is 17.9. The standard InChI is InChI=1S/C25H26N2O4/c1-27(2)25(29)21-11-7-10-19(14-21)16-26-24(28)20-12-13-22(23(15-20)30-3)31-17-18-8-5-4-6-9-18/h4-15H,16-17H2,1-3H3,(H,26,28). The Kier molecular flexibility index (Phi) is 7.27. The highest BCUT2D eigenvalue weighted by Gasteiger charge is 2.12. The van der Waals surface area contributed by atoms with Gasteiger partial charge in [0.25, 0.3) is 11.8 Å². The van der Waals surface area contributed by atoms with Crippen LogP contribution in [0.2, 0.25) is 0 Å². The van der Waals surface area contributed by atoms with Crippen LogP contribution in [0, 0.1) is 0 Å². The third-order valence-electron chi connectivity index (χ3n) is 4.70. The molecule has 2 amide bonds. The first-order chi connectivity index (χ1) is 15.0. The van der Waals surface area contributed by atoms with Crippen LogP contribution in [0.5, 0.6) is 11.5 Å². The quantitative estimate of drug-likeness (QED) is 0.602. The molecule has 3 rings (SSSR count). The molecule has 0 radical (unpaired) electrons. The van der Waals surface area contributed by atoms with Gasteiger partial charge in [0.1, 0.15) is 6.61 Å². The number of carbonyl (C=O) groups is 2. The minimum atomic E-state index is -0.239. The van der Waals surface area contributed by atoms with Crippen molar-refractivity contribution < 1.29 is 19.1 Å². The van der Waals surface area contributed by atoms with E-state index in [1.807, 2.05) is 36.4 Å². The molecule has 0 bridgehead atoms. The van der Waals surface area contributed by atoms with Gasteiger partial charge in [0.05, 0.1) is 7.11 Å². The molecule has 0 aromatic heterocycles. The third kappa shape index (κ3) is 5.85. The van der Waals surface area contributed by atoms with E-state index in [1.165, 1.54) is 4.90 Å². The summed E-state index contributed by atoms with van der Waals surface area (Å²) >= 11 is 0. The topological polar surface area (TPSA) is 67.9 Å². The zero-order valence-corrected chi connectivity index (χ0v) is 17.9. The number of carbonyl (C=O) groups excluding carboxylic acids is 2. The van der Waals surface area contributed by atoms with Crippen LogP contribution in [-0.4, -0.2) is 37.9 Å². The van der Waals surface area contributed by atoms with Crippen molar-refractivity contribution in [2.24, 2.45) is 0 Å². The lowest BCUT2D eigenvalue weighted by atomic mass is 10.1. The van der Waals surface area contributed by atoms with Gasteiger partial charge in [-0.2, -0.15) is 0 Å². The Bertz CT molecular complexity index is 1050. The summed E-state index contributed by atoms with van der Waals surface area (Å²) in [5.74, 6) is 0.737. The van der Waals surface area contributed by atoms with E-state index in [0.29, 0.717) is 35.8 Å². The number of ether oxygens (including phenoxy) is 2. The van der Waals surface area contributed by atoms with E-state index in [1.54, 1.807) is 57.6 Å². The molecule has 0 spiro atoms. The van der Waals surface area contributed by atoms with Crippen LogP contribution in [-0.2, 0) is 13.2 Å². The molecule has 0 aliphatic rings. The predicted octanol–water partition coefficient (Wildman–Crippen LogP) is 3.91. The van der Waals surface area contributed by atoms with Crippen molar-refractivity contribution in [2.45, 2.75) is 13.2 Å². The molecule has 1 N–H and O–H groups in total. The number of hydrogen-bond donors (Lipinski definition) is 1. The first kappa shape index (κ1) is 21.9. The van der Waals surface area contributed by atoms with Gasteiger partial charge in [-0.25, -0.2) is 0 Å². The Balaban J connectivity index is 1.64. The van der Waals surface area contributed by atoms with Crippen molar-refractivity contribution in [3.8, 4) is 11.5 Å². The molecule has 0 aliphatic heterocycles. The van der Waals surface area contributed by atoms with Crippen LogP contribution in [0.25, 0.3) is 0 Å². The number of amides is 2.